The van der Waals surface area contributed by atoms with Gasteiger partial charge in [-0.3, -0.25) is 4.90 Å². The number of ether oxygens (including phenoxy) is 1. The SMILES string of the molecule is C[C@@H]1CN(Cc2cccc(F)c2Br)C[C@H](C)O1. The molecule has 94 valence electrons. The molecule has 2 rings (SSSR count). The van der Waals surface area contributed by atoms with E-state index in [-0.39, 0.29) is 18.0 Å². The molecule has 0 amide bonds. The smallest absolute Gasteiger partial charge is 0.137 e. The lowest BCUT2D eigenvalue weighted by molar-refractivity contribution is -0.0705. The molecule has 2 atom stereocenters. The first-order valence-electron chi connectivity index (χ1n) is 5.87. The molecule has 17 heavy (non-hydrogen) atoms. The monoisotopic (exact) mass is 301 g/mol. The number of benzene rings is 1. The first kappa shape index (κ1) is 13.0. The van der Waals surface area contributed by atoms with Crippen LogP contribution in [0.15, 0.2) is 22.7 Å². The van der Waals surface area contributed by atoms with Gasteiger partial charge in [0.25, 0.3) is 0 Å². The molecule has 0 bridgehead atoms. The minimum atomic E-state index is -0.197. The molecule has 0 saturated carbocycles. The van der Waals surface area contributed by atoms with Crippen LogP contribution in [-0.4, -0.2) is 30.2 Å². The van der Waals surface area contributed by atoms with Gasteiger partial charge in [-0.1, -0.05) is 12.1 Å². The predicted octanol–water partition coefficient (Wildman–Crippen LogP) is 3.20. The van der Waals surface area contributed by atoms with E-state index in [1.807, 2.05) is 6.07 Å². The number of halogens is 2. The Balaban J connectivity index is 2.07. The molecule has 0 N–H and O–H groups in total. The Morgan fingerprint density at radius 1 is 1.35 bits per heavy atom. The topological polar surface area (TPSA) is 12.5 Å². The van der Waals surface area contributed by atoms with E-state index in [0.29, 0.717) is 4.47 Å². The van der Waals surface area contributed by atoms with Crippen molar-refractivity contribution >= 4 is 15.9 Å². The van der Waals surface area contributed by atoms with Crippen LogP contribution < -0.4 is 0 Å². The Kier molecular flexibility index (Phi) is 4.17. The van der Waals surface area contributed by atoms with Gasteiger partial charge in [-0.2, -0.15) is 0 Å². The Bertz CT molecular complexity index is 389. The zero-order valence-electron chi connectivity index (χ0n) is 10.1. The minimum Gasteiger partial charge on any atom is -0.373 e. The van der Waals surface area contributed by atoms with Crippen molar-refractivity contribution in [2.24, 2.45) is 0 Å². The maximum atomic E-state index is 13.4. The quantitative estimate of drug-likeness (QED) is 0.832. The van der Waals surface area contributed by atoms with Crippen LogP contribution in [0.25, 0.3) is 0 Å². The second-order valence-corrected chi connectivity index (χ2v) is 5.46. The lowest BCUT2D eigenvalue weighted by atomic mass is 10.1. The van der Waals surface area contributed by atoms with Crippen molar-refractivity contribution in [1.82, 2.24) is 4.90 Å². The van der Waals surface area contributed by atoms with Crippen molar-refractivity contribution in [3.8, 4) is 0 Å². The van der Waals surface area contributed by atoms with Gasteiger partial charge in [0.05, 0.1) is 16.7 Å². The molecule has 0 spiro atoms. The number of rotatable bonds is 2. The van der Waals surface area contributed by atoms with Gasteiger partial charge in [-0.05, 0) is 41.4 Å². The molecule has 2 nitrogen and oxygen atoms in total. The van der Waals surface area contributed by atoms with Gasteiger partial charge in [0, 0.05) is 19.6 Å². The summed E-state index contributed by atoms with van der Waals surface area (Å²) in [5, 5.41) is 0. The van der Waals surface area contributed by atoms with Crippen molar-refractivity contribution in [3.05, 3.63) is 34.1 Å². The van der Waals surface area contributed by atoms with Crippen molar-refractivity contribution in [2.45, 2.75) is 32.6 Å². The molecule has 4 heteroatoms. The predicted molar refractivity (Wildman–Crippen MR) is 69.4 cm³/mol. The molecule has 1 aliphatic heterocycles. The number of hydrogen-bond donors (Lipinski definition) is 0. The minimum absolute atomic E-state index is 0.197. The maximum Gasteiger partial charge on any atom is 0.137 e. The fraction of sp³-hybridized carbons (Fsp3) is 0.538. The summed E-state index contributed by atoms with van der Waals surface area (Å²) in [6.45, 7) is 6.70. The average molecular weight is 302 g/mol. The second-order valence-electron chi connectivity index (χ2n) is 4.66. The maximum absolute atomic E-state index is 13.4. The first-order chi connectivity index (χ1) is 8.06. The molecule has 0 radical (unpaired) electrons. The number of morpholine rings is 1. The van der Waals surface area contributed by atoms with E-state index in [2.05, 4.69) is 34.7 Å². The van der Waals surface area contributed by atoms with E-state index in [1.165, 1.54) is 6.07 Å². The van der Waals surface area contributed by atoms with Gasteiger partial charge in [-0.15, -0.1) is 0 Å². The molecule has 1 saturated heterocycles. The highest BCUT2D eigenvalue weighted by Gasteiger charge is 2.22. The standard InChI is InChI=1S/C13H17BrFNO/c1-9-6-16(7-10(2)17-9)8-11-4-3-5-12(15)13(11)14/h3-5,9-10H,6-8H2,1-2H3/t9-,10+. The second kappa shape index (κ2) is 5.46. The summed E-state index contributed by atoms with van der Waals surface area (Å²) in [5.74, 6) is -0.197. The summed E-state index contributed by atoms with van der Waals surface area (Å²) in [6.07, 6.45) is 0.483. The largest absolute Gasteiger partial charge is 0.373 e. The Morgan fingerprint density at radius 2 is 2.00 bits per heavy atom. The summed E-state index contributed by atoms with van der Waals surface area (Å²) >= 11 is 3.30. The number of hydrogen-bond acceptors (Lipinski definition) is 2. The van der Waals surface area contributed by atoms with E-state index >= 15 is 0 Å². The first-order valence-corrected chi connectivity index (χ1v) is 6.66. The molecule has 0 unspecified atom stereocenters. The molecule has 1 aromatic carbocycles. The fourth-order valence-corrected chi connectivity index (χ4v) is 2.71. The molecule has 1 aliphatic rings. The van der Waals surface area contributed by atoms with Crippen molar-refractivity contribution < 1.29 is 9.13 Å². The lowest BCUT2D eigenvalue weighted by Gasteiger charge is -2.35. The van der Waals surface area contributed by atoms with Crippen LogP contribution in [0.3, 0.4) is 0 Å². The van der Waals surface area contributed by atoms with Gasteiger partial charge >= 0.3 is 0 Å². The third kappa shape index (κ3) is 3.27. The van der Waals surface area contributed by atoms with Gasteiger partial charge in [0.15, 0.2) is 0 Å². The summed E-state index contributed by atoms with van der Waals surface area (Å²) < 4.78 is 19.7. The third-order valence-electron chi connectivity index (χ3n) is 2.92. The van der Waals surface area contributed by atoms with Crippen LogP contribution in [0.4, 0.5) is 4.39 Å². The van der Waals surface area contributed by atoms with Crippen LogP contribution in [-0.2, 0) is 11.3 Å². The van der Waals surface area contributed by atoms with E-state index < -0.39 is 0 Å². The lowest BCUT2D eigenvalue weighted by Crippen LogP contribution is -2.44. The summed E-state index contributed by atoms with van der Waals surface area (Å²) in [5.41, 5.74) is 0.992. The van der Waals surface area contributed by atoms with E-state index in [9.17, 15) is 4.39 Å². The van der Waals surface area contributed by atoms with Crippen molar-refractivity contribution in [1.29, 1.82) is 0 Å². The summed E-state index contributed by atoms with van der Waals surface area (Å²) in [6, 6.07) is 5.18. The Morgan fingerprint density at radius 3 is 2.65 bits per heavy atom. The molecular formula is C13H17BrFNO. The van der Waals surface area contributed by atoms with Gasteiger partial charge in [0.2, 0.25) is 0 Å². The van der Waals surface area contributed by atoms with Crippen LogP contribution in [0.2, 0.25) is 0 Å². The van der Waals surface area contributed by atoms with Gasteiger partial charge < -0.3 is 4.74 Å². The molecule has 0 aliphatic carbocycles. The summed E-state index contributed by atoms with van der Waals surface area (Å²) in [7, 11) is 0. The highest BCUT2D eigenvalue weighted by Crippen LogP contribution is 2.23. The van der Waals surface area contributed by atoms with E-state index in [1.54, 1.807) is 6.07 Å². The Hall–Kier alpha value is -0.450. The van der Waals surface area contributed by atoms with E-state index in [0.717, 1.165) is 25.2 Å². The molecular weight excluding hydrogens is 285 g/mol. The molecule has 1 aromatic rings. The fourth-order valence-electron chi connectivity index (χ4n) is 2.32. The van der Waals surface area contributed by atoms with Gasteiger partial charge in [-0.25, -0.2) is 4.39 Å². The molecule has 1 heterocycles. The summed E-state index contributed by atoms with van der Waals surface area (Å²) in [4.78, 5) is 2.30. The average Bonchev–Trinajstić information content (AvgIpc) is 2.23. The zero-order valence-corrected chi connectivity index (χ0v) is 11.7. The highest BCUT2D eigenvalue weighted by molar-refractivity contribution is 9.10. The van der Waals surface area contributed by atoms with Crippen LogP contribution in [0.5, 0.6) is 0 Å². The highest BCUT2D eigenvalue weighted by atomic mass is 79.9. The van der Waals surface area contributed by atoms with Crippen LogP contribution >= 0.6 is 15.9 Å². The van der Waals surface area contributed by atoms with Crippen molar-refractivity contribution in [3.63, 3.8) is 0 Å². The van der Waals surface area contributed by atoms with Gasteiger partial charge in [0.1, 0.15) is 5.82 Å². The van der Waals surface area contributed by atoms with Crippen LogP contribution in [0.1, 0.15) is 19.4 Å². The van der Waals surface area contributed by atoms with Crippen LogP contribution in [0, 0.1) is 5.82 Å². The molecule has 1 fully saturated rings. The third-order valence-corrected chi connectivity index (χ3v) is 3.81. The van der Waals surface area contributed by atoms with E-state index in [4.69, 9.17) is 4.74 Å². The molecule has 0 aromatic heterocycles. The number of nitrogens with zero attached hydrogens (tertiary/aromatic N) is 1. The zero-order chi connectivity index (χ0) is 12.4. The Labute approximate surface area is 110 Å². The normalized spacial score (nSPS) is 26.1. The van der Waals surface area contributed by atoms with Crippen molar-refractivity contribution in [2.75, 3.05) is 13.1 Å².